The fourth-order valence-corrected chi connectivity index (χ4v) is 2.73. The van der Waals surface area contributed by atoms with Crippen LogP contribution < -0.4 is 5.32 Å². The van der Waals surface area contributed by atoms with Crippen LogP contribution in [0.2, 0.25) is 0 Å². The predicted octanol–water partition coefficient (Wildman–Crippen LogP) is 1.03. The monoisotopic (exact) mass is 252 g/mol. The highest BCUT2D eigenvalue weighted by molar-refractivity contribution is 7.07. The highest BCUT2D eigenvalue weighted by Gasteiger charge is 2.36. The molecule has 1 saturated heterocycles. The maximum atomic E-state index is 11.7. The van der Waals surface area contributed by atoms with Crippen LogP contribution in [0.15, 0.2) is 16.8 Å². The number of likely N-dealkylation sites (N-methyl/N-ethyl adjacent to an activating group) is 1. The number of hydrogen-bond donors (Lipinski definition) is 1. The van der Waals surface area contributed by atoms with Crippen LogP contribution in [-0.4, -0.2) is 35.8 Å². The summed E-state index contributed by atoms with van der Waals surface area (Å²) in [5.74, 6) is -0.220. The molecule has 0 aromatic carbocycles. The summed E-state index contributed by atoms with van der Waals surface area (Å²) in [4.78, 5) is 24.3. The zero-order chi connectivity index (χ0) is 12.4. The minimum absolute atomic E-state index is 0.102. The first kappa shape index (κ1) is 12.3. The van der Waals surface area contributed by atoms with Gasteiger partial charge in [-0.1, -0.05) is 0 Å². The van der Waals surface area contributed by atoms with Crippen LogP contribution in [0.5, 0.6) is 0 Å². The van der Waals surface area contributed by atoms with Gasteiger partial charge in [0.15, 0.2) is 0 Å². The molecule has 4 nitrogen and oxygen atoms in total. The third-order valence-electron chi connectivity index (χ3n) is 2.99. The molecular weight excluding hydrogens is 236 g/mol. The number of nitrogens with zero attached hydrogens (tertiary/aromatic N) is 1. The molecule has 1 fully saturated rings. The highest BCUT2D eigenvalue weighted by atomic mass is 32.1. The van der Waals surface area contributed by atoms with E-state index in [2.05, 4.69) is 16.8 Å². The summed E-state index contributed by atoms with van der Waals surface area (Å²) in [6.45, 7) is 2.04. The lowest BCUT2D eigenvalue weighted by molar-refractivity contribution is -0.137. The van der Waals surface area contributed by atoms with Crippen LogP contribution in [0.25, 0.3) is 0 Å². The largest absolute Gasteiger partial charge is 0.303 e. The van der Waals surface area contributed by atoms with Crippen molar-refractivity contribution in [3.63, 3.8) is 0 Å². The number of hydrogen-bond acceptors (Lipinski definition) is 4. The molecule has 0 bridgehead atoms. The van der Waals surface area contributed by atoms with Crippen molar-refractivity contribution in [1.82, 2.24) is 10.2 Å². The summed E-state index contributed by atoms with van der Waals surface area (Å²) in [5.41, 5.74) is 1.26. The molecular formula is C12H16N2O2S. The van der Waals surface area contributed by atoms with Crippen molar-refractivity contribution in [2.24, 2.45) is 0 Å². The van der Waals surface area contributed by atoms with Crippen LogP contribution in [0.1, 0.15) is 18.9 Å². The van der Waals surface area contributed by atoms with E-state index in [-0.39, 0.29) is 30.3 Å². The molecule has 0 radical (unpaired) electrons. The first-order valence-electron chi connectivity index (χ1n) is 5.65. The Labute approximate surface area is 105 Å². The topological polar surface area (TPSA) is 49.4 Å². The third kappa shape index (κ3) is 2.73. The molecule has 0 aliphatic carbocycles. The summed E-state index contributed by atoms with van der Waals surface area (Å²) < 4.78 is 0. The Morgan fingerprint density at radius 2 is 2.35 bits per heavy atom. The van der Waals surface area contributed by atoms with Crippen LogP contribution >= 0.6 is 11.3 Å². The Morgan fingerprint density at radius 1 is 1.59 bits per heavy atom. The molecule has 2 amide bonds. The van der Waals surface area contributed by atoms with E-state index in [0.717, 1.165) is 6.42 Å². The summed E-state index contributed by atoms with van der Waals surface area (Å²) >= 11 is 1.67. The second-order valence-corrected chi connectivity index (χ2v) is 5.23. The normalized spacial score (nSPS) is 22.2. The van der Waals surface area contributed by atoms with E-state index in [0.29, 0.717) is 0 Å². The van der Waals surface area contributed by atoms with Gasteiger partial charge in [0.25, 0.3) is 0 Å². The number of thiophene rings is 1. The van der Waals surface area contributed by atoms with E-state index in [1.54, 1.807) is 11.3 Å². The second-order valence-electron chi connectivity index (χ2n) is 4.45. The zero-order valence-electron chi connectivity index (χ0n) is 9.97. The van der Waals surface area contributed by atoms with Gasteiger partial charge in [0.2, 0.25) is 11.8 Å². The van der Waals surface area contributed by atoms with Crippen molar-refractivity contribution < 1.29 is 9.59 Å². The highest BCUT2D eigenvalue weighted by Crippen LogP contribution is 2.13. The second kappa shape index (κ2) is 4.98. The van der Waals surface area contributed by atoms with Gasteiger partial charge in [-0.05, 0) is 35.7 Å². The fourth-order valence-electron chi connectivity index (χ4n) is 2.05. The lowest BCUT2D eigenvalue weighted by atomic mass is 10.1. The van der Waals surface area contributed by atoms with E-state index in [4.69, 9.17) is 0 Å². The van der Waals surface area contributed by atoms with E-state index in [9.17, 15) is 9.59 Å². The van der Waals surface area contributed by atoms with Gasteiger partial charge in [0, 0.05) is 13.1 Å². The van der Waals surface area contributed by atoms with E-state index in [1.807, 2.05) is 12.3 Å². The van der Waals surface area contributed by atoms with Crippen LogP contribution in [0.4, 0.5) is 0 Å². The molecule has 2 unspecified atom stereocenters. The van der Waals surface area contributed by atoms with Gasteiger partial charge in [-0.15, -0.1) is 0 Å². The molecule has 2 heterocycles. The van der Waals surface area contributed by atoms with Crippen LogP contribution in [-0.2, 0) is 16.0 Å². The average molecular weight is 252 g/mol. The molecule has 1 aliphatic rings. The number of amides is 2. The smallest absolute Gasteiger partial charge is 0.246 e. The zero-order valence-corrected chi connectivity index (χ0v) is 10.8. The van der Waals surface area contributed by atoms with Gasteiger partial charge < -0.3 is 5.32 Å². The molecule has 92 valence electrons. The predicted molar refractivity (Wildman–Crippen MR) is 66.8 cm³/mol. The van der Waals surface area contributed by atoms with Crippen LogP contribution in [0, 0.1) is 0 Å². The van der Waals surface area contributed by atoms with Gasteiger partial charge in [0.1, 0.15) is 0 Å². The van der Waals surface area contributed by atoms with Crippen molar-refractivity contribution in [3.8, 4) is 0 Å². The van der Waals surface area contributed by atoms with Gasteiger partial charge in [-0.25, -0.2) is 0 Å². The summed E-state index contributed by atoms with van der Waals surface area (Å²) in [6.07, 6.45) is 1.16. The minimum atomic E-state index is -0.346. The quantitative estimate of drug-likeness (QED) is 0.814. The molecule has 17 heavy (non-hydrogen) atoms. The van der Waals surface area contributed by atoms with E-state index < -0.39 is 0 Å². The molecule has 0 spiro atoms. The van der Waals surface area contributed by atoms with Gasteiger partial charge in [-0.3, -0.25) is 14.5 Å². The van der Waals surface area contributed by atoms with Gasteiger partial charge in [-0.2, -0.15) is 11.3 Å². The Kier molecular flexibility index (Phi) is 3.59. The molecule has 0 saturated carbocycles. The molecule has 1 aliphatic heterocycles. The van der Waals surface area contributed by atoms with Crippen molar-refractivity contribution in [3.05, 3.63) is 22.4 Å². The van der Waals surface area contributed by atoms with E-state index >= 15 is 0 Å². The first-order chi connectivity index (χ1) is 8.08. The van der Waals surface area contributed by atoms with Crippen molar-refractivity contribution >= 4 is 23.2 Å². The molecule has 1 aromatic rings. The van der Waals surface area contributed by atoms with Crippen LogP contribution in [0.3, 0.4) is 0 Å². The molecule has 1 N–H and O–H groups in total. The number of imide groups is 1. The summed E-state index contributed by atoms with van der Waals surface area (Å²) in [5, 5.41) is 7.37. The standard InChI is InChI=1S/C12H16N2O2S/c1-8(5-9-3-4-17-7-9)13-10-6-11(15)14(2)12(10)16/h3-4,7-8,10,13H,5-6H2,1-2H3. The summed E-state index contributed by atoms with van der Waals surface area (Å²) in [6, 6.07) is 1.93. The number of rotatable bonds is 4. The molecule has 2 rings (SSSR count). The lowest BCUT2D eigenvalue weighted by Crippen LogP contribution is -2.42. The van der Waals surface area contributed by atoms with Gasteiger partial charge >= 0.3 is 0 Å². The Bertz CT molecular complexity index is 416. The third-order valence-corrected chi connectivity index (χ3v) is 3.72. The maximum Gasteiger partial charge on any atom is 0.246 e. The maximum absolute atomic E-state index is 11.7. The SMILES string of the molecule is CC(Cc1ccsc1)NC1CC(=O)N(C)C1=O. The first-order valence-corrected chi connectivity index (χ1v) is 6.59. The number of nitrogens with one attached hydrogen (secondary N) is 1. The van der Waals surface area contributed by atoms with Crippen molar-refractivity contribution in [2.75, 3.05) is 7.05 Å². The molecule has 5 heteroatoms. The number of likely N-dealkylation sites (tertiary alicyclic amines) is 1. The van der Waals surface area contributed by atoms with Gasteiger partial charge in [0.05, 0.1) is 12.5 Å². The Hall–Kier alpha value is -1.20. The summed E-state index contributed by atoms with van der Waals surface area (Å²) in [7, 11) is 1.54. The average Bonchev–Trinajstić information content (AvgIpc) is 2.85. The lowest BCUT2D eigenvalue weighted by Gasteiger charge is -2.17. The number of carbonyl (C=O) groups excluding carboxylic acids is 2. The Balaban J connectivity index is 1.89. The Morgan fingerprint density at radius 3 is 2.88 bits per heavy atom. The number of carbonyl (C=O) groups is 2. The molecule has 1 aromatic heterocycles. The van der Waals surface area contributed by atoms with E-state index in [1.165, 1.54) is 17.5 Å². The van der Waals surface area contributed by atoms with Crippen molar-refractivity contribution in [1.29, 1.82) is 0 Å². The molecule has 2 atom stereocenters. The fraction of sp³-hybridized carbons (Fsp3) is 0.500. The minimum Gasteiger partial charge on any atom is -0.303 e. The van der Waals surface area contributed by atoms with Crippen molar-refractivity contribution in [2.45, 2.75) is 31.8 Å².